The Morgan fingerprint density at radius 2 is 1.82 bits per heavy atom. The number of hydrogen-bond acceptors (Lipinski definition) is 6. The van der Waals surface area contributed by atoms with E-state index in [0.29, 0.717) is 24.1 Å². The van der Waals surface area contributed by atoms with Gasteiger partial charge in [-0.1, -0.05) is 12.1 Å². The number of ether oxygens (including phenoxy) is 1. The predicted molar refractivity (Wildman–Crippen MR) is 108 cm³/mol. The number of fused-ring (bicyclic) bond motifs is 1. The molecule has 0 bridgehead atoms. The number of piperazine rings is 1. The zero-order chi connectivity index (χ0) is 19.5. The number of para-hydroxylation sites is 2. The number of aromatic amines is 1. The Morgan fingerprint density at radius 1 is 1.04 bits per heavy atom. The average molecular weight is 381 g/mol. The topological polar surface area (TPSA) is 83.5 Å². The maximum absolute atomic E-state index is 12.6. The zero-order valence-corrected chi connectivity index (χ0v) is 15.8. The molecule has 8 nitrogen and oxygen atoms in total. The van der Waals surface area contributed by atoms with Crippen LogP contribution in [0.1, 0.15) is 0 Å². The molecule has 146 valence electrons. The number of aromatic nitrogens is 3. The van der Waals surface area contributed by atoms with Crippen molar-refractivity contribution in [2.75, 3.05) is 44.7 Å². The molecule has 3 aromatic rings. The van der Waals surface area contributed by atoms with Crippen LogP contribution in [0.25, 0.3) is 11.0 Å². The Labute approximate surface area is 162 Å². The normalized spacial score (nSPS) is 15.1. The van der Waals surface area contributed by atoms with Crippen molar-refractivity contribution in [2.24, 2.45) is 0 Å². The van der Waals surface area contributed by atoms with Crippen LogP contribution in [0.15, 0.2) is 52.2 Å². The van der Waals surface area contributed by atoms with Crippen molar-refractivity contribution in [2.45, 2.75) is 6.54 Å². The van der Waals surface area contributed by atoms with Crippen molar-refractivity contribution in [3.05, 3.63) is 63.4 Å². The lowest BCUT2D eigenvalue weighted by molar-refractivity contribution is 0.245. The van der Waals surface area contributed by atoms with Crippen molar-refractivity contribution in [3.8, 4) is 5.75 Å². The summed E-state index contributed by atoms with van der Waals surface area (Å²) >= 11 is 0. The third-order valence-electron chi connectivity index (χ3n) is 5.19. The molecule has 1 N–H and O–H groups in total. The third-order valence-corrected chi connectivity index (χ3v) is 5.19. The number of nitrogens with zero attached hydrogens (tertiary/aromatic N) is 4. The van der Waals surface area contributed by atoms with Crippen molar-refractivity contribution >= 4 is 16.7 Å². The molecule has 0 unspecified atom stereocenters. The average Bonchev–Trinajstić information content (AvgIpc) is 2.74. The van der Waals surface area contributed by atoms with E-state index in [0.717, 1.165) is 37.6 Å². The molecule has 1 saturated heterocycles. The van der Waals surface area contributed by atoms with Gasteiger partial charge in [0.1, 0.15) is 11.4 Å². The van der Waals surface area contributed by atoms with E-state index < -0.39 is 5.69 Å². The molecular formula is C20H23N5O3. The second-order valence-corrected chi connectivity index (χ2v) is 6.79. The van der Waals surface area contributed by atoms with Crippen LogP contribution in [0.5, 0.6) is 5.75 Å². The lowest BCUT2D eigenvalue weighted by Gasteiger charge is -2.36. The third kappa shape index (κ3) is 3.50. The van der Waals surface area contributed by atoms with Crippen LogP contribution in [-0.2, 0) is 6.54 Å². The fourth-order valence-corrected chi connectivity index (χ4v) is 3.63. The van der Waals surface area contributed by atoms with Gasteiger partial charge in [-0.3, -0.25) is 19.2 Å². The summed E-state index contributed by atoms with van der Waals surface area (Å²) in [4.78, 5) is 36.2. The van der Waals surface area contributed by atoms with Gasteiger partial charge < -0.3 is 9.64 Å². The van der Waals surface area contributed by atoms with Gasteiger partial charge >= 0.3 is 5.69 Å². The van der Waals surface area contributed by atoms with E-state index in [1.807, 2.05) is 18.2 Å². The molecule has 0 amide bonds. The number of pyridine rings is 1. The largest absolute Gasteiger partial charge is 0.495 e. The summed E-state index contributed by atoms with van der Waals surface area (Å²) in [7, 11) is 1.68. The van der Waals surface area contributed by atoms with Crippen LogP contribution in [0.2, 0.25) is 0 Å². The molecule has 1 aromatic carbocycles. The summed E-state index contributed by atoms with van der Waals surface area (Å²) in [5.74, 6) is 0.874. The number of methoxy groups -OCH3 is 1. The van der Waals surface area contributed by atoms with Gasteiger partial charge in [0, 0.05) is 45.5 Å². The van der Waals surface area contributed by atoms with E-state index in [-0.39, 0.29) is 5.56 Å². The minimum atomic E-state index is -0.413. The van der Waals surface area contributed by atoms with Gasteiger partial charge in [-0.25, -0.2) is 9.78 Å². The fraction of sp³-hybridized carbons (Fsp3) is 0.350. The smallest absolute Gasteiger partial charge is 0.330 e. The van der Waals surface area contributed by atoms with E-state index >= 15 is 0 Å². The minimum absolute atomic E-state index is 0.292. The molecule has 1 aliphatic rings. The number of anilines is 1. The van der Waals surface area contributed by atoms with E-state index in [4.69, 9.17) is 4.74 Å². The van der Waals surface area contributed by atoms with Crippen molar-refractivity contribution < 1.29 is 4.74 Å². The van der Waals surface area contributed by atoms with Crippen LogP contribution in [-0.4, -0.2) is 59.3 Å². The van der Waals surface area contributed by atoms with Crippen LogP contribution in [0.3, 0.4) is 0 Å². The summed E-state index contributed by atoms with van der Waals surface area (Å²) in [5, 5.41) is 0.433. The number of benzene rings is 1. The van der Waals surface area contributed by atoms with Crippen molar-refractivity contribution in [1.82, 2.24) is 19.4 Å². The molecule has 4 rings (SSSR count). The molecule has 2 aromatic heterocycles. The molecule has 0 radical (unpaired) electrons. The van der Waals surface area contributed by atoms with Gasteiger partial charge in [-0.2, -0.15) is 0 Å². The van der Waals surface area contributed by atoms with E-state index in [2.05, 4.69) is 25.8 Å². The Kier molecular flexibility index (Phi) is 5.12. The molecule has 8 heteroatoms. The summed E-state index contributed by atoms with van der Waals surface area (Å²) in [6, 6.07) is 11.4. The summed E-state index contributed by atoms with van der Waals surface area (Å²) < 4.78 is 6.72. The highest BCUT2D eigenvalue weighted by molar-refractivity contribution is 5.72. The molecule has 3 heterocycles. The summed E-state index contributed by atoms with van der Waals surface area (Å²) in [6.45, 7) is 4.46. The van der Waals surface area contributed by atoms with Crippen molar-refractivity contribution in [3.63, 3.8) is 0 Å². The minimum Gasteiger partial charge on any atom is -0.495 e. The van der Waals surface area contributed by atoms with Crippen LogP contribution >= 0.6 is 0 Å². The van der Waals surface area contributed by atoms with E-state index in [9.17, 15) is 9.59 Å². The second-order valence-electron chi connectivity index (χ2n) is 6.79. The van der Waals surface area contributed by atoms with Crippen LogP contribution in [0.4, 0.5) is 5.69 Å². The Morgan fingerprint density at radius 3 is 2.61 bits per heavy atom. The lowest BCUT2D eigenvalue weighted by atomic mass is 10.2. The Hall–Kier alpha value is -3.13. The van der Waals surface area contributed by atoms with Gasteiger partial charge in [0.25, 0.3) is 5.56 Å². The number of nitrogens with one attached hydrogen (secondary N) is 1. The molecule has 0 saturated carbocycles. The van der Waals surface area contributed by atoms with Crippen molar-refractivity contribution in [1.29, 1.82) is 0 Å². The van der Waals surface area contributed by atoms with E-state index in [1.165, 1.54) is 4.57 Å². The summed E-state index contributed by atoms with van der Waals surface area (Å²) in [5.41, 5.74) is 0.724. The van der Waals surface area contributed by atoms with Crippen LogP contribution in [0, 0.1) is 0 Å². The van der Waals surface area contributed by atoms with Gasteiger partial charge in [0.05, 0.1) is 18.2 Å². The Bertz CT molecular complexity index is 1080. The molecule has 0 aliphatic carbocycles. The molecule has 0 atom stereocenters. The first-order valence-corrected chi connectivity index (χ1v) is 9.35. The van der Waals surface area contributed by atoms with E-state index in [1.54, 1.807) is 25.4 Å². The SMILES string of the molecule is COc1ccccc1N1CCN(CCn2c(=O)[nH]c3ncccc3c2=O)CC1. The Balaban J connectivity index is 1.42. The van der Waals surface area contributed by atoms with Crippen LogP contribution < -0.4 is 20.9 Å². The number of H-pyrrole nitrogens is 1. The van der Waals surface area contributed by atoms with Gasteiger partial charge in [0.15, 0.2) is 0 Å². The first-order chi connectivity index (χ1) is 13.7. The lowest BCUT2D eigenvalue weighted by Crippen LogP contribution is -2.48. The molecular weight excluding hydrogens is 358 g/mol. The maximum Gasteiger partial charge on any atom is 0.330 e. The number of hydrogen-bond donors (Lipinski definition) is 1. The fourth-order valence-electron chi connectivity index (χ4n) is 3.63. The van der Waals surface area contributed by atoms with Gasteiger partial charge in [0.2, 0.25) is 0 Å². The zero-order valence-electron chi connectivity index (χ0n) is 15.8. The number of rotatable bonds is 5. The van der Waals surface area contributed by atoms with Gasteiger partial charge in [-0.05, 0) is 24.3 Å². The monoisotopic (exact) mass is 381 g/mol. The quantitative estimate of drug-likeness (QED) is 0.708. The van der Waals surface area contributed by atoms with Gasteiger partial charge in [-0.15, -0.1) is 0 Å². The first-order valence-electron chi connectivity index (χ1n) is 9.35. The highest BCUT2D eigenvalue weighted by Crippen LogP contribution is 2.28. The highest BCUT2D eigenvalue weighted by atomic mass is 16.5. The molecule has 0 spiro atoms. The maximum atomic E-state index is 12.6. The second kappa shape index (κ2) is 7.85. The predicted octanol–water partition coefficient (Wildman–Crippen LogP) is 0.916. The standard InChI is InChI=1S/C20H23N5O3/c1-28-17-7-3-2-6-16(17)24-12-9-23(10-13-24)11-14-25-19(26)15-5-4-8-21-18(15)22-20(25)27/h2-8H,9-14H2,1H3,(H,21,22,27). The molecule has 1 aliphatic heterocycles. The highest BCUT2D eigenvalue weighted by Gasteiger charge is 2.19. The summed E-state index contributed by atoms with van der Waals surface area (Å²) in [6.07, 6.45) is 1.56. The first kappa shape index (κ1) is 18.2. The molecule has 28 heavy (non-hydrogen) atoms. The molecule has 1 fully saturated rings.